The molecular formula is C23H25N3OS. The molecule has 0 atom stereocenters. The number of piperidine rings is 1. The fraction of sp³-hybridized carbons (Fsp3) is 0.391. The van der Waals surface area contributed by atoms with E-state index in [2.05, 4.69) is 50.5 Å². The Kier molecular flexibility index (Phi) is 4.77. The molecule has 28 heavy (non-hydrogen) atoms. The number of nitrogens with zero attached hydrogens (tertiary/aromatic N) is 3. The number of carbonyl (C=O) groups is 1. The van der Waals surface area contributed by atoms with Gasteiger partial charge in [-0.05, 0) is 54.3 Å². The predicted octanol–water partition coefficient (Wildman–Crippen LogP) is 4.49. The van der Waals surface area contributed by atoms with Crippen molar-refractivity contribution < 1.29 is 4.79 Å². The topological polar surface area (TPSA) is 36.4 Å². The minimum absolute atomic E-state index is 0.338. The van der Waals surface area contributed by atoms with Gasteiger partial charge in [-0.2, -0.15) is 0 Å². The van der Waals surface area contributed by atoms with Crippen LogP contribution in [-0.2, 0) is 17.8 Å². The van der Waals surface area contributed by atoms with E-state index in [1.807, 2.05) is 23.6 Å². The fourth-order valence-corrected chi connectivity index (χ4v) is 5.46. The highest BCUT2D eigenvalue weighted by molar-refractivity contribution is 7.10. The monoisotopic (exact) mass is 391 g/mol. The van der Waals surface area contributed by atoms with Crippen molar-refractivity contribution in [3.8, 4) is 0 Å². The Morgan fingerprint density at radius 3 is 2.86 bits per heavy atom. The summed E-state index contributed by atoms with van der Waals surface area (Å²) in [7, 11) is 0. The fourth-order valence-electron chi connectivity index (χ4n) is 4.57. The summed E-state index contributed by atoms with van der Waals surface area (Å²) in [5, 5.41) is 3.37. The zero-order chi connectivity index (χ0) is 18.9. The third-order valence-corrected chi connectivity index (χ3v) is 7.23. The van der Waals surface area contributed by atoms with Crippen LogP contribution < -0.4 is 4.90 Å². The Balaban J connectivity index is 1.20. The van der Waals surface area contributed by atoms with E-state index in [-0.39, 0.29) is 0 Å². The Bertz CT molecular complexity index is 985. The molecule has 1 amide bonds. The van der Waals surface area contributed by atoms with Gasteiger partial charge in [0, 0.05) is 54.7 Å². The molecule has 4 nitrogen and oxygen atoms in total. The number of anilines is 1. The van der Waals surface area contributed by atoms with Crippen LogP contribution in [-0.4, -0.2) is 35.4 Å². The lowest BCUT2D eigenvalue weighted by Crippen LogP contribution is -2.39. The van der Waals surface area contributed by atoms with E-state index in [9.17, 15) is 4.79 Å². The summed E-state index contributed by atoms with van der Waals surface area (Å²) in [6.07, 6.45) is 5.79. The molecule has 1 fully saturated rings. The Labute approximate surface area is 169 Å². The molecule has 0 N–H and O–H groups in total. The molecule has 5 heteroatoms. The second-order valence-corrected chi connectivity index (χ2v) is 8.92. The van der Waals surface area contributed by atoms with Crippen LogP contribution in [0.3, 0.4) is 0 Å². The molecule has 4 heterocycles. The molecule has 0 radical (unpaired) electrons. The molecule has 3 aromatic rings. The molecule has 0 saturated carbocycles. The van der Waals surface area contributed by atoms with E-state index < -0.39 is 0 Å². The predicted molar refractivity (Wildman–Crippen MR) is 115 cm³/mol. The van der Waals surface area contributed by atoms with Crippen molar-refractivity contribution in [3.63, 3.8) is 0 Å². The van der Waals surface area contributed by atoms with Crippen LogP contribution in [0.1, 0.15) is 29.7 Å². The first-order chi connectivity index (χ1) is 13.8. The van der Waals surface area contributed by atoms with Gasteiger partial charge in [0.05, 0.1) is 5.52 Å². The maximum absolute atomic E-state index is 12.8. The number of hydrogen-bond acceptors (Lipinski definition) is 4. The van der Waals surface area contributed by atoms with Crippen molar-refractivity contribution in [2.24, 2.45) is 5.92 Å². The summed E-state index contributed by atoms with van der Waals surface area (Å²) >= 11 is 1.83. The third kappa shape index (κ3) is 3.39. The molecule has 144 valence electrons. The summed E-state index contributed by atoms with van der Waals surface area (Å²) in [6, 6.07) is 12.6. The van der Waals surface area contributed by atoms with Crippen LogP contribution in [0.5, 0.6) is 0 Å². The second kappa shape index (κ2) is 7.55. The Morgan fingerprint density at radius 1 is 1.11 bits per heavy atom. The lowest BCUT2D eigenvalue weighted by atomic mass is 9.92. The van der Waals surface area contributed by atoms with Crippen molar-refractivity contribution in [3.05, 3.63) is 58.4 Å². The van der Waals surface area contributed by atoms with Crippen LogP contribution in [0.15, 0.2) is 48.0 Å². The van der Waals surface area contributed by atoms with E-state index in [0.29, 0.717) is 18.2 Å². The summed E-state index contributed by atoms with van der Waals surface area (Å²) < 4.78 is 0. The van der Waals surface area contributed by atoms with Crippen molar-refractivity contribution in [2.75, 3.05) is 24.5 Å². The quantitative estimate of drug-likeness (QED) is 0.660. The van der Waals surface area contributed by atoms with Gasteiger partial charge < -0.3 is 9.80 Å². The number of thiophene rings is 1. The minimum atomic E-state index is 0.338. The molecule has 0 unspecified atom stereocenters. The first kappa shape index (κ1) is 17.7. The molecule has 1 aromatic carbocycles. The van der Waals surface area contributed by atoms with Crippen molar-refractivity contribution in [1.29, 1.82) is 0 Å². The molecule has 1 saturated heterocycles. The van der Waals surface area contributed by atoms with Crippen LogP contribution in [0, 0.1) is 5.92 Å². The number of hydrogen-bond donors (Lipinski definition) is 0. The number of carbonyl (C=O) groups excluding carboxylic acids is 1. The number of para-hydroxylation sites is 1. The number of fused-ring (bicyclic) bond motifs is 2. The number of benzene rings is 1. The lowest BCUT2D eigenvalue weighted by molar-refractivity contribution is -0.133. The SMILES string of the molecule is O=C(CC1CCN(c2ccnc3ccccc23)CC1)N1CCc2sccc2C1. The third-order valence-electron chi connectivity index (χ3n) is 6.20. The summed E-state index contributed by atoms with van der Waals surface area (Å²) in [5.74, 6) is 0.838. The molecule has 0 aliphatic carbocycles. The summed E-state index contributed by atoms with van der Waals surface area (Å²) in [4.78, 5) is 23.3. The number of rotatable bonds is 3. The van der Waals surface area contributed by atoms with Crippen LogP contribution in [0.4, 0.5) is 5.69 Å². The highest BCUT2D eigenvalue weighted by Gasteiger charge is 2.27. The smallest absolute Gasteiger partial charge is 0.223 e. The molecule has 2 aromatic heterocycles. The average molecular weight is 392 g/mol. The maximum atomic E-state index is 12.8. The van der Waals surface area contributed by atoms with Gasteiger partial charge in [0.1, 0.15) is 0 Å². The molecule has 2 aliphatic rings. The van der Waals surface area contributed by atoms with Gasteiger partial charge >= 0.3 is 0 Å². The molecule has 5 rings (SSSR count). The normalized spacial score (nSPS) is 17.7. The zero-order valence-electron chi connectivity index (χ0n) is 16.0. The first-order valence-corrected chi connectivity index (χ1v) is 11.1. The maximum Gasteiger partial charge on any atom is 0.223 e. The molecule has 2 aliphatic heterocycles. The van der Waals surface area contributed by atoms with E-state index in [1.54, 1.807) is 0 Å². The molecule has 0 bridgehead atoms. The molecule has 0 spiro atoms. The van der Waals surface area contributed by atoms with Crippen molar-refractivity contribution >= 4 is 33.8 Å². The second-order valence-electron chi connectivity index (χ2n) is 7.92. The van der Waals surface area contributed by atoms with E-state index in [4.69, 9.17) is 0 Å². The minimum Gasteiger partial charge on any atom is -0.371 e. The van der Waals surface area contributed by atoms with Crippen molar-refractivity contribution in [2.45, 2.75) is 32.2 Å². The highest BCUT2D eigenvalue weighted by atomic mass is 32.1. The lowest BCUT2D eigenvalue weighted by Gasteiger charge is -2.35. The van der Waals surface area contributed by atoms with Gasteiger partial charge in [-0.3, -0.25) is 9.78 Å². The van der Waals surface area contributed by atoms with Gasteiger partial charge in [0.15, 0.2) is 0 Å². The zero-order valence-corrected chi connectivity index (χ0v) is 16.8. The van der Waals surface area contributed by atoms with Crippen LogP contribution >= 0.6 is 11.3 Å². The Hall–Kier alpha value is -2.40. The first-order valence-electron chi connectivity index (χ1n) is 10.2. The van der Waals surface area contributed by atoms with E-state index >= 15 is 0 Å². The van der Waals surface area contributed by atoms with Crippen molar-refractivity contribution in [1.82, 2.24) is 9.88 Å². The number of pyridine rings is 1. The summed E-state index contributed by atoms with van der Waals surface area (Å²) in [6.45, 7) is 3.72. The van der Waals surface area contributed by atoms with Gasteiger partial charge in [-0.1, -0.05) is 18.2 Å². The van der Waals surface area contributed by atoms with E-state index in [1.165, 1.54) is 21.5 Å². The summed E-state index contributed by atoms with van der Waals surface area (Å²) in [5.41, 5.74) is 3.68. The number of aromatic nitrogens is 1. The van der Waals surface area contributed by atoms with Gasteiger partial charge in [0.25, 0.3) is 0 Å². The molecular weight excluding hydrogens is 366 g/mol. The van der Waals surface area contributed by atoms with Crippen LogP contribution in [0.25, 0.3) is 10.9 Å². The number of amides is 1. The van der Waals surface area contributed by atoms with Crippen LogP contribution in [0.2, 0.25) is 0 Å². The standard InChI is InChI=1S/C23H25N3OS/c27-23(26-13-8-22-18(16-26)9-14-28-22)15-17-6-11-25(12-7-17)21-5-10-24-20-4-2-1-3-19(20)21/h1-5,9-10,14,17H,6-8,11-13,15-16H2. The van der Waals surface area contributed by atoms with Gasteiger partial charge in [-0.25, -0.2) is 0 Å². The highest BCUT2D eigenvalue weighted by Crippen LogP contribution is 2.31. The average Bonchev–Trinajstić information content (AvgIpc) is 3.22. The van der Waals surface area contributed by atoms with Gasteiger partial charge in [0.2, 0.25) is 5.91 Å². The largest absolute Gasteiger partial charge is 0.371 e. The van der Waals surface area contributed by atoms with E-state index in [0.717, 1.165) is 51.0 Å². The Morgan fingerprint density at radius 2 is 1.96 bits per heavy atom. The van der Waals surface area contributed by atoms with Gasteiger partial charge in [-0.15, -0.1) is 11.3 Å².